The third-order valence-electron chi connectivity index (χ3n) is 1.72. The fourth-order valence-electron chi connectivity index (χ4n) is 0.639. The van der Waals surface area contributed by atoms with Gasteiger partial charge in [0.25, 0.3) is 0 Å². The first-order chi connectivity index (χ1) is 4.80. The maximum atomic E-state index is 2.34. The predicted molar refractivity (Wildman–Crippen MR) is 54.6 cm³/mol. The topological polar surface area (TPSA) is 0 Å². The summed E-state index contributed by atoms with van der Waals surface area (Å²) < 4.78 is 0. The molecule has 0 nitrogen and oxygen atoms in total. The van der Waals surface area contributed by atoms with Crippen LogP contribution in [0.15, 0.2) is 0 Å². The molecule has 0 N–H and O–H groups in total. The Kier molecular flexibility index (Phi) is 6.86. The molecule has 1 fully saturated rings. The maximum Gasteiger partial charge on any atom is 0.00655 e. The third kappa shape index (κ3) is 3.77. The molecule has 0 aromatic heterocycles. The second-order valence-electron chi connectivity index (χ2n) is 2.52. The lowest BCUT2D eigenvalue weighted by Gasteiger charge is -2.23. The van der Waals surface area contributed by atoms with Crippen LogP contribution in [0.3, 0.4) is 0 Å². The van der Waals surface area contributed by atoms with Gasteiger partial charge < -0.3 is 0 Å². The highest BCUT2D eigenvalue weighted by molar-refractivity contribution is 8.76. The van der Waals surface area contributed by atoms with Crippen molar-refractivity contribution < 1.29 is 0 Å². The van der Waals surface area contributed by atoms with Gasteiger partial charge in [-0.05, 0) is 11.8 Å². The van der Waals surface area contributed by atoms with E-state index >= 15 is 0 Å². The van der Waals surface area contributed by atoms with Gasteiger partial charge in [0, 0.05) is 11.5 Å². The molecule has 1 aliphatic rings. The summed E-state index contributed by atoms with van der Waals surface area (Å²) in [5.41, 5.74) is 0. The van der Waals surface area contributed by atoms with Crippen LogP contribution in [0.4, 0.5) is 0 Å². The van der Waals surface area contributed by atoms with Crippen LogP contribution in [0.1, 0.15) is 27.7 Å². The summed E-state index contributed by atoms with van der Waals surface area (Å²) in [6.45, 7) is 8.69. The van der Waals surface area contributed by atoms with E-state index in [1.165, 1.54) is 11.5 Å². The van der Waals surface area contributed by atoms with Crippen LogP contribution >= 0.6 is 21.6 Å². The van der Waals surface area contributed by atoms with E-state index in [0.29, 0.717) is 0 Å². The molecule has 1 saturated heterocycles. The fourth-order valence-corrected chi connectivity index (χ4v) is 3.78. The number of hydrogen-bond donors (Lipinski definition) is 0. The summed E-state index contributed by atoms with van der Waals surface area (Å²) in [5.74, 6) is 4.60. The molecule has 0 aromatic rings. The summed E-state index contributed by atoms with van der Waals surface area (Å²) in [6, 6.07) is 0. The van der Waals surface area contributed by atoms with E-state index < -0.39 is 0 Å². The van der Waals surface area contributed by atoms with Gasteiger partial charge in [0.15, 0.2) is 0 Å². The Bertz CT molecular complexity index is 63.7. The highest BCUT2D eigenvalue weighted by Crippen LogP contribution is 2.35. The SMILES string of the molecule is CC.CC1CSSCC1C. The molecule has 0 aliphatic carbocycles. The van der Waals surface area contributed by atoms with Crippen molar-refractivity contribution in [3.05, 3.63) is 0 Å². The number of rotatable bonds is 0. The van der Waals surface area contributed by atoms with Crippen molar-refractivity contribution in [3.8, 4) is 0 Å². The van der Waals surface area contributed by atoms with Gasteiger partial charge >= 0.3 is 0 Å². The highest BCUT2D eigenvalue weighted by atomic mass is 33.1. The first kappa shape index (κ1) is 10.7. The molecule has 1 rings (SSSR count). The lowest BCUT2D eigenvalue weighted by molar-refractivity contribution is 0.471. The van der Waals surface area contributed by atoms with Gasteiger partial charge in [-0.1, -0.05) is 49.3 Å². The molecule has 2 atom stereocenters. The van der Waals surface area contributed by atoms with E-state index in [-0.39, 0.29) is 0 Å². The smallest absolute Gasteiger partial charge is 0.00655 e. The Morgan fingerprint density at radius 2 is 1.20 bits per heavy atom. The van der Waals surface area contributed by atoms with Gasteiger partial charge in [0.1, 0.15) is 0 Å². The molecule has 0 spiro atoms. The van der Waals surface area contributed by atoms with Gasteiger partial charge in [-0.15, -0.1) is 0 Å². The molecule has 1 heterocycles. The van der Waals surface area contributed by atoms with Crippen molar-refractivity contribution in [2.75, 3.05) is 11.5 Å². The second-order valence-corrected chi connectivity index (χ2v) is 5.08. The lowest BCUT2D eigenvalue weighted by Crippen LogP contribution is -2.15. The zero-order valence-corrected chi connectivity index (χ0v) is 9.02. The molecule has 62 valence electrons. The third-order valence-corrected chi connectivity index (χ3v) is 4.52. The van der Waals surface area contributed by atoms with Gasteiger partial charge in [-0.2, -0.15) is 0 Å². The Hall–Kier alpha value is 0.700. The molecule has 10 heavy (non-hydrogen) atoms. The summed E-state index contributed by atoms with van der Waals surface area (Å²) in [4.78, 5) is 0. The minimum atomic E-state index is 0.946. The predicted octanol–water partition coefficient (Wildman–Crippen LogP) is 3.68. The van der Waals surface area contributed by atoms with Crippen LogP contribution in [-0.2, 0) is 0 Å². The Morgan fingerprint density at radius 3 is 1.40 bits per heavy atom. The largest absolute Gasteiger partial charge is 0.0939 e. The highest BCUT2D eigenvalue weighted by Gasteiger charge is 2.16. The minimum absolute atomic E-state index is 0.946. The monoisotopic (exact) mass is 178 g/mol. The summed E-state index contributed by atoms with van der Waals surface area (Å²) in [7, 11) is 4.05. The van der Waals surface area contributed by atoms with Crippen LogP contribution in [0, 0.1) is 11.8 Å². The van der Waals surface area contributed by atoms with Crippen LogP contribution < -0.4 is 0 Å². The standard InChI is InChI=1S/C6H12S2.C2H6/c1-5-3-7-8-4-6(5)2;1-2/h5-6H,3-4H2,1-2H3;1-2H3. The van der Waals surface area contributed by atoms with Crippen LogP contribution in [0.25, 0.3) is 0 Å². The van der Waals surface area contributed by atoms with Gasteiger partial charge in [0.05, 0.1) is 0 Å². The van der Waals surface area contributed by atoms with Gasteiger partial charge in [-0.25, -0.2) is 0 Å². The quantitative estimate of drug-likeness (QED) is 0.519. The van der Waals surface area contributed by atoms with Crippen molar-refractivity contribution in [1.82, 2.24) is 0 Å². The number of hydrogen-bond acceptors (Lipinski definition) is 2. The minimum Gasteiger partial charge on any atom is -0.0939 e. The van der Waals surface area contributed by atoms with E-state index in [4.69, 9.17) is 0 Å². The van der Waals surface area contributed by atoms with Crippen LogP contribution in [-0.4, -0.2) is 11.5 Å². The van der Waals surface area contributed by atoms with E-state index in [1.54, 1.807) is 0 Å². The van der Waals surface area contributed by atoms with Crippen molar-refractivity contribution in [2.24, 2.45) is 11.8 Å². The summed E-state index contributed by atoms with van der Waals surface area (Å²) >= 11 is 0. The summed E-state index contributed by atoms with van der Waals surface area (Å²) in [5, 5.41) is 0. The lowest BCUT2D eigenvalue weighted by atomic mass is 10.0. The van der Waals surface area contributed by atoms with E-state index in [2.05, 4.69) is 13.8 Å². The molecule has 0 radical (unpaired) electrons. The van der Waals surface area contributed by atoms with Gasteiger partial charge in [-0.3, -0.25) is 0 Å². The Balaban J connectivity index is 0.000000371. The first-order valence-corrected chi connectivity index (χ1v) is 6.54. The Morgan fingerprint density at radius 1 is 0.900 bits per heavy atom. The molecular weight excluding hydrogens is 160 g/mol. The van der Waals surface area contributed by atoms with E-state index in [9.17, 15) is 0 Å². The van der Waals surface area contributed by atoms with Gasteiger partial charge in [0.2, 0.25) is 0 Å². The fraction of sp³-hybridized carbons (Fsp3) is 1.00. The van der Waals surface area contributed by atoms with E-state index in [1.807, 2.05) is 35.4 Å². The second kappa shape index (κ2) is 6.41. The van der Waals surface area contributed by atoms with Crippen molar-refractivity contribution in [2.45, 2.75) is 27.7 Å². The molecule has 1 aliphatic heterocycles. The molecule has 0 saturated carbocycles. The molecule has 0 amide bonds. The van der Waals surface area contributed by atoms with Crippen molar-refractivity contribution in [1.29, 1.82) is 0 Å². The van der Waals surface area contributed by atoms with Crippen molar-refractivity contribution >= 4 is 21.6 Å². The van der Waals surface area contributed by atoms with Crippen molar-refractivity contribution in [3.63, 3.8) is 0 Å². The summed E-state index contributed by atoms with van der Waals surface area (Å²) in [6.07, 6.45) is 0. The zero-order chi connectivity index (χ0) is 7.98. The molecule has 0 bridgehead atoms. The maximum absolute atomic E-state index is 2.34. The normalized spacial score (nSPS) is 32.4. The Labute approximate surface area is 72.9 Å². The van der Waals surface area contributed by atoms with E-state index in [0.717, 1.165) is 11.8 Å². The molecule has 0 aromatic carbocycles. The average Bonchev–Trinajstić information content (AvgIpc) is 2.00. The zero-order valence-electron chi connectivity index (χ0n) is 7.39. The molecule has 2 heteroatoms. The van der Waals surface area contributed by atoms with Crippen LogP contribution in [0.5, 0.6) is 0 Å². The first-order valence-electron chi connectivity index (χ1n) is 4.05. The average molecular weight is 178 g/mol. The molecular formula is C8H18S2. The van der Waals surface area contributed by atoms with Crippen LogP contribution in [0.2, 0.25) is 0 Å². The molecule has 2 unspecified atom stereocenters.